The first-order valence-corrected chi connectivity index (χ1v) is 6.58. The van der Waals surface area contributed by atoms with Crippen molar-refractivity contribution >= 4 is 11.9 Å². The second-order valence-corrected chi connectivity index (χ2v) is 4.86. The van der Waals surface area contributed by atoms with Crippen LogP contribution in [0.3, 0.4) is 0 Å². The maximum atomic E-state index is 13.3. The summed E-state index contributed by atoms with van der Waals surface area (Å²) in [6.45, 7) is -1.27. The van der Waals surface area contributed by atoms with Gasteiger partial charge in [0.05, 0.1) is 5.56 Å². The van der Waals surface area contributed by atoms with Crippen molar-refractivity contribution in [2.45, 2.75) is 19.3 Å². The Morgan fingerprint density at radius 1 is 1.16 bits per heavy atom. The van der Waals surface area contributed by atoms with Gasteiger partial charge in [-0.3, -0.25) is 4.79 Å². The summed E-state index contributed by atoms with van der Waals surface area (Å²) in [6, 6.07) is 2.71. The van der Waals surface area contributed by atoms with Crippen LogP contribution in [0.15, 0.2) is 24.3 Å². The Balaban J connectivity index is 2.25. The summed E-state index contributed by atoms with van der Waals surface area (Å²) in [7, 11) is 0. The van der Waals surface area contributed by atoms with E-state index in [0.29, 0.717) is 12.1 Å². The average Bonchev–Trinajstić information content (AvgIpc) is 2.86. The van der Waals surface area contributed by atoms with Crippen molar-refractivity contribution in [3.63, 3.8) is 0 Å². The summed E-state index contributed by atoms with van der Waals surface area (Å²) in [4.78, 5) is 21.6. The van der Waals surface area contributed by atoms with Gasteiger partial charge in [0.15, 0.2) is 5.69 Å². The first kappa shape index (κ1) is 18.2. The molecule has 0 radical (unpaired) electrons. The molecule has 1 aromatic heterocycles. The quantitative estimate of drug-likeness (QED) is 0.765. The highest BCUT2D eigenvalue weighted by Gasteiger charge is 2.31. The summed E-state index contributed by atoms with van der Waals surface area (Å²) < 4.78 is 57.1. The van der Waals surface area contributed by atoms with Gasteiger partial charge >= 0.3 is 18.1 Å². The number of nitrogens with zero attached hydrogens (tertiary/aromatic N) is 2. The molecule has 1 heterocycles. The Hall–Kier alpha value is -3.11. The normalized spacial score (nSPS) is 11.4. The van der Waals surface area contributed by atoms with Crippen molar-refractivity contribution in [2.24, 2.45) is 0 Å². The van der Waals surface area contributed by atoms with Gasteiger partial charge in [-0.15, -0.1) is 0 Å². The standard InChI is InChI=1S/C14H10F4N2O5/c15-9-2-7(1-8(3-9)14(16,17)18)6-25-11-4-10(13(23)24)19-20(11)5-12(21)22/h1-4H,5-6H2,(H,21,22)(H,23,24). The highest BCUT2D eigenvalue weighted by molar-refractivity contribution is 5.85. The summed E-state index contributed by atoms with van der Waals surface area (Å²) >= 11 is 0. The highest BCUT2D eigenvalue weighted by atomic mass is 19.4. The molecule has 0 aliphatic heterocycles. The molecule has 11 heteroatoms. The van der Waals surface area contributed by atoms with Crippen molar-refractivity contribution < 1.29 is 42.1 Å². The van der Waals surface area contributed by atoms with Gasteiger partial charge in [-0.2, -0.15) is 18.3 Å². The van der Waals surface area contributed by atoms with Crippen molar-refractivity contribution in [1.29, 1.82) is 0 Å². The molecule has 2 aromatic rings. The maximum Gasteiger partial charge on any atom is 0.416 e. The van der Waals surface area contributed by atoms with Gasteiger partial charge in [-0.25, -0.2) is 13.9 Å². The molecule has 0 aliphatic rings. The summed E-state index contributed by atoms with van der Waals surface area (Å²) in [5.41, 5.74) is -1.89. The number of alkyl halides is 3. The van der Waals surface area contributed by atoms with E-state index in [9.17, 15) is 27.2 Å². The van der Waals surface area contributed by atoms with Crippen LogP contribution in [0.2, 0.25) is 0 Å². The minimum atomic E-state index is -4.75. The summed E-state index contributed by atoms with van der Waals surface area (Å²) in [6.07, 6.45) is -4.75. The van der Waals surface area contributed by atoms with E-state index in [1.165, 1.54) is 0 Å². The predicted molar refractivity (Wildman–Crippen MR) is 72.6 cm³/mol. The molecule has 0 unspecified atom stereocenters. The Morgan fingerprint density at radius 2 is 1.84 bits per heavy atom. The smallest absolute Gasteiger partial charge is 0.416 e. The van der Waals surface area contributed by atoms with Gasteiger partial charge in [-0.1, -0.05) is 0 Å². The van der Waals surface area contributed by atoms with Crippen molar-refractivity contribution in [1.82, 2.24) is 9.78 Å². The van der Waals surface area contributed by atoms with Crippen molar-refractivity contribution in [3.05, 3.63) is 46.9 Å². The Kier molecular flexibility index (Phi) is 4.95. The number of rotatable bonds is 6. The van der Waals surface area contributed by atoms with E-state index in [4.69, 9.17) is 14.9 Å². The molecule has 0 atom stereocenters. The Morgan fingerprint density at radius 3 is 2.40 bits per heavy atom. The topological polar surface area (TPSA) is 102 Å². The van der Waals surface area contributed by atoms with Crippen LogP contribution < -0.4 is 4.74 Å². The largest absolute Gasteiger partial charge is 0.480 e. The van der Waals surface area contributed by atoms with E-state index in [2.05, 4.69) is 5.10 Å². The lowest BCUT2D eigenvalue weighted by molar-refractivity contribution is -0.138. The number of aliphatic carboxylic acids is 1. The fraction of sp³-hybridized carbons (Fsp3) is 0.214. The zero-order valence-electron chi connectivity index (χ0n) is 12.2. The fourth-order valence-corrected chi connectivity index (χ4v) is 1.92. The molecule has 0 saturated carbocycles. The summed E-state index contributed by atoms with van der Waals surface area (Å²) in [5.74, 6) is -4.20. The lowest BCUT2D eigenvalue weighted by Crippen LogP contribution is -2.13. The number of aromatic carboxylic acids is 1. The molecule has 2 N–H and O–H groups in total. The van der Waals surface area contributed by atoms with Gasteiger partial charge < -0.3 is 14.9 Å². The minimum absolute atomic E-state index is 0.174. The van der Waals surface area contributed by atoms with Crippen LogP contribution in [0.25, 0.3) is 0 Å². The number of benzene rings is 1. The molecule has 0 aliphatic carbocycles. The Labute approximate surface area is 137 Å². The van der Waals surface area contributed by atoms with Gasteiger partial charge in [0.25, 0.3) is 0 Å². The summed E-state index contributed by atoms with van der Waals surface area (Å²) in [5, 5.41) is 21.1. The van der Waals surface area contributed by atoms with Gasteiger partial charge in [0, 0.05) is 6.07 Å². The fourth-order valence-electron chi connectivity index (χ4n) is 1.92. The third-order valence-electron chi connectivity index (χ3n) is 2.92. The molecule has 25 heavy (non-hydrogen) atoms. The van der Waals surface area contributed by atoms with E-state index in [1.54, 1.807) is 0 Å². The molecule has 7 nitrogen and oxygen atoms in total. The Bertz CT molecular complexity index is 816. The first-order chi connectivity index (χ1) is 11.6. The van der Waals surface area contributed by atoms with Crippen molar-refractivity contribution in [2.75, 3.05) is 0 Å². The molecule has 0 spiro atoms. The van der Waals surface area contributed by atoms with Crippen LogP contribution in [0.4, 0.5) is 17.6 Å². The van der Waals surface area contributed by atoms with Crippen LogP contribution >= 0.6 is 0 Å². The number of aromatic nitrogens is 2. The lowest BCUT2D eigenvalue weighted by Gasteiger charge is -2.11. The van der Waals surface area contributed by atoms with Crippen LogP contribution in [0.5, 0.6) is 5.88 Å². The van der Waals surface area contributed by atoms with Crippen LogP contribution in [-0.2, 0) is 24.1 Å². The zero-order chi connectivity index (χ0) is 18.8. The molecule has 0 bridgehead atoms. The lowest BCUT2D eigenvalue weighted by atomic mass is 10.1. The third-order valence-corrected chi connectivity index (χ3v) is 2.92. The number of ether oxygens (including phenoxy) is 1. The maximum absolute atomic E-state index is 13.3. The number of hydrogen-bond donors (Lipinski definition) is 2. The molecule has 134 valence electrons. The first-order valence-electron chi connectivity index (χ1n) is 6.58. The molecule has 2 rings (SSSR count). The van der Waals surface area contributed by atoms with Crippen LogP contribution in [-0.4, -0.2) is 31.9 Å². The van der Waals surface area contributed by atoms with E-state index in [1.807, 2.05) is 0 Å². The number of carbonyl (C=O) groups is 2. The van der Waals surface area contributed by atoms with Gasteiger partial charge in [0.2, 0.25) is 5.88 Å². The second kappa shape index (κ2) is 6.79. The second-order valence-electron chi connectivity index (χ2n) is 4.86. The van der Waals surface area contributed by atoms with E-state index < -0.39 is 48.3 Å². The SMILES string of the molecule is O=C(O)Cn1nc(C(=O)O)cc1OCc1cc(F)cc(C(F)(F)F)c1. The van der Waals surface area contributed by atoms with Gasteiger partial charge in [-0.05, 0) is 23.8 Å². The average molecular weight is 362 g/mol. The van der Waals surface area contributed by atoms with Gasteiger partial charge in [0.1, 0.15) is 19.0 Å². The predicted octanol–water partition coefficient (Wildman–Crippen LogP) is 2.40. The third kappa shape index (κ3) is 4.68. The minimum Gasteiger partial charge on any atom is -0.480 e. The zero-order valence-corrected chi connectivity index (χ0v) is 12.2. The molecular formula is C14H10F4N2O5. The molecule has 0 fully saturated rings. The number of carboxylic acids is 2. The number of halogens is 4. The molecule has 0 amide bonds. The van der Waals surface area contributed by atoms with Crippen LogP contribution in [0.1, 0.15) is 21.6 Å². The van der Waals surface area contributed by atoms with Crippen molar-refractivity contribution in [3.8, 4) is 5.88 Å². The molecule has 0 saturated heterocycles. The van der Waals surface area contributed by atoms with E-state index in [0.717, 1.165) is 16.8 Å². The van der Waals surface area contributed by atoms with E-state index in [-0.39, 0.29) is 11.4 Å². The molecular weight excluding hydrogens is 352 g/mol. The van der Waals surface area contributed by atoms with Crippen LogP contribution in [0, 0.1) is 5.82 Å². The number of carboxylic acid groups (broad SMARTS) is 2. The monoisotopic (exact) mass is 362 g/mol. The highest BCUT2D eigenvalue weighted by Crippen LogP contribution is 2.30. The molecule has 1 aromatic carbocycles. The number of hydrogen-bond acceptors (Lipinski definition) is 4. The van der Waals surface area contributed by atoms with E-state index >= 15 is 0 Å².